The van der Waals surface area contributed by atoms with E-state index in [0.29, 0.717) is 30.4 Å². The summed E-state index contributed by atoms with van der Waals surface area (Å²) in [6.07, 6.45) is 12.4. The van der Waals surface area contributed by atoms with Crippen LogP contribution in [0.4, 0.5) is 0 Å². The van der Waals surface area contributed by atoms with Crippen LogP contribution in [0.3, 0.4) is 0 Å². The Hall–Kier alpha value is -4.06. The van der Waals surface area contributed by atoms with Gasteiger partial charge in [-0.15, -0.1) is 18.9 Å². The molecule has 1 aromatic heterocycles. The molecule has 0 aliphatic rings. The number of carbonyl (C=O) groups excluding carboxylic acids is 3. The van der Waals surface area contributed by atoms with E-state index >= 15 is 0 Å². The van der Waals surface area contributed by atoms with Gasteiger partial charge in [0.1, 0.15) is 12.4 Å². The number of Topliss-reactive ketones (excluding diaryl/α,β-unsaturated/α-hetero) is 1. The number of nitrogens with one attached hydrogen (secondary N) is 1. The fourth-order valence-corrected chi connectivity index (χ4v) is 4.01. The Balaban J connectivity index is 0. The monoisotopic (exact) mass is 593 g/mol. The van der Waals surface area contributed by atoms with Crippen molar-refractivity contribution < 1.29 is 19.1 Å². The van der Waals surface area contributed by atoms with Gasteiger partial charge in [0.2, 0.25) is 0 Å². The third-order valence-electron chi connectivity index (χ3n) is 5.00. The standard InChI is InChI=1S/C17H20N2O4.C7H9NS.C4H8.C3H6.C3H4/c1-3-8-19-11(4-2)15(16(21)17(18)22)14-12(19)6-5-7-13(14)23-10-9-20;1-8-9-7-5-3-2-4-6-7;1-3-4-2;2*1-3-2/h5-7,9H,3-4,8,10H2,1-2H3,(H2,18,22);2-6,8H,1H3;3-4H,1-2H3;3H,1H2,2H3;1H,2H3/b;;4-3-;;. The van der Waals surface area contributed by atoms with Crippen LogP contribution < -0.4 is 15.2 Å². The highest BCUT2D eigenvalue weighted by molar-refractivity contribution is 7.97. The van der Waals surface area contributed by atoms with E-state index < -0.39 is 11.7 Å². The number of amides is 1. The normalized spacial score (nSPS) is 9.29. The van der Waals surface area contributed by atoms with Crippen molar-refractivity contribution in [1.29, 1.82) is 0 Å². The van der Waals surface area contributed by atoms with Crippen LogP contribution in [0.15, 0.2) is 78.2 Å². The average molecular weight is 594 g/mol. The molecule has 1 amide bonds. The predicted molar refractivity (Wildman–Crippen MR) is 179 cm³/mol. The van der Waals surface area contributed by atoms with Crippen LogP contribution in [-0.2, 0) is 22.6 Å². The van der Waals surface area contributed by atoms with E-state index in [-0.39, 0.29) is 12.2 Å². The quantitative estimate of drug-likeness (QED) is 0.0644. The largest absolute Gasteiger partial charge is 0.485 e. The average Bonchev–Trinajstić information content (AvgIpc) is 3.31. The summed E-state index contributed by atoms with van der Waals surface area (Å²) in [7, 11) is 1.91. The van der Waals surface area contributed by atoms with Crippen LogP contribution in [0.1, 0.15) is 64.0 Å². The third-order valence-corrected chi connectivity index (χ3v) is 5.71. The van der Waals surface area contributed by atoms with Crippen molar-refractivity contribution in [3.8, 4) is 18.1 Å². The molecule has 228 valence electrons. The SMILES string of the molecule is C#CC.C/C=C\C.C=CC.CCCn1c(CC)c(C(=O)C(N)=O)c2c(OCC=O)cccc21.CNSc1ccccc1. The fraction of sp³-hybridized carbons (Fsp3) is 0.324. The molecule has 7 nitrogen and oxygen atoms in total. The molecule has 2 aromatic carbocycles. The third kappa shape index (κ3) is 14.5. The maximum atomic E-state index is 12.4. The zero-order valence-corrected chi connectivity index (χ0v) is 26.9. The highest BCUT2D eigenvalue weighted by Crippen LogP contribution is 2.34. The number of terminal acetylenes is 1. The molecule has 0 aliphatic heterocycles. The highest BCUT2D eigenvalue weighted by atomic mass is 32.2. The van der Waals surface area contributed by atoms with Crippen LogP contribution in [0.25, 0.3) is 10.9 Å². The lowest BCUT2D eigenvalue weighted by molar-refractivity contribution is -0.114. The molecule has 42 heavy (non-hydrogen) atoms. The summed E-state index contributed by atoms with van der Waals surface area (Å²) < 4.78 is 10.5. The Labute approximate surface area is 256 Å². The van der Waals surface area contributed by atoms with Crippen LogP contribution in [0, 0.1) is 12.3 Å². The first kappa shape index (κ1) is 40.1. The molecule has 0 saturated carbocycles. The predicted octanol–water partition coefficient (Wildman–Crippen LogP) is 7.19. The van der Waals surface area contributed by atoms with E-state index in [4.69, 9.17) is 10.5 Å². The van der Waals surface area contributed by atoms with Crippen LogP contribution in [0.5, 0.6) is 5.75 Å². The number of nitrogens with two attached hydrogens (primary N) is 1. The van der Waals surface area contributed by atoms with Gasteiger partial charge in [0.25, 0.3) is 11.7 Å². The lowest BCUT2D eigenvalue weighted by Crippen LogP contribution is -2.24. The summed E-state index contributed by atoms with van der Waals surface area (Å²) in [5.74, 6) is 0.924. The molecular formula is C34H47N3O4S. The topological polar surface area (TPSA) is 103 Å². The van der Waals surface area contributed by atoms with Gasteiger partial charge in [0, 0.05) is 17.1 Å². The molecule has 0 unspecified atom stereocenters. The second-order valence-electron chi connectivity index (χ2n) is 8.13. The molecule has 0 aliphatic carbocycles. The first-order valence-electron chi connectivity index (χ1n) is 13.7. The number of aryl methyl sites for hydroxylation is 1. The summed E-state index contributed by atoms with van der Waals surface area (Å²) in [4.78, 5) is 35.7. The molecule has 0 bridgehead atoms. The van der Waals surface area contributed by atoms with Gasteiger partial charge in [0.05, 0.1) is 16.5 Å². The molecule has 3 N–H and O–H groups in total. The Morgan fingerprint density at radius 2 is 1.67 bits per heavy atom. The number of allylic oxidation sites excluding steroid dienone is 3. The van der Waals surface area contributed by atoms with E-state index in [0.717, 1.165) is 17.6 Å². The minimum Gasteiger partial charge on any atom is -0.485 e. The van der Waals surface area contributed by atoms with Crippen LogP contribution >= 0.6 is 11.9 Å². The lowest BCUT2D eigenvalue weighted by atomic mass is 10.0. The molecule has 0 atom stereocenters. The van der Waals surface area contributed by atoms with Gasteiger partial charge in [-0.2, -0.15) is 0 Å². The number of ether oxygens (including phenoxy) is 1. The maximum absolute atomic E-state index is 12.4. The molecule has 0 fully saturated rings. The zero-order valence-electron chi connectivity index (χ0n) is 26.1. The lowest BCUT2D eigenvalue weighted by Gasteiger charge is -2.08. The van der Waals surface area contributed by atoms with Crippen molar-refractivity contribution in [2.75, 3.05) is 13.7 Å². The van der Waals surface area contributed by atoms with E-state index in [1.807, 2.05) is 82.7 Å². The number of benzene rings is 2. The van der Waals surface area contributed by atoms with Crippen molar-refractivity contribution in [2.45, 2.75) is 65.8 Å². The molecule has 1 heterocycles. The van der Waals surface area contributed by atoms with Crippen molar-refractivity contribution >= 4 is 40.8 Å². The Morgan fingerprint density at radius 1 is 1.10 bits per heavy atom. The molecule has 3 aromatic rings. The van der Waals surface area contributed by atoms with Gasteiger partial charge in [-0.05, 0) is 83.8 Å². The summed E-state index contributed by atoms with van der Waals surface area (Å²) >= 11 is 1.63. The number of nitrogens with zero attached hydrogens (tertiary/aromatic N) is 1. The number of ketones is 1. The number of hydrogen-bond acceptors (Lipinski definition) is 6. The summed E-state index contributed by atoms with van der Waals surface area (Å²) in [6.45, 7) is 15.4. The van der Waals surface area contributed by atoms with Gasteiger partial charge in [0.15, 0.2) is 6.29 Å². The number of rotatable bonds is 10. The number of fused-ring (bicyclic) bond motifs is 1. The molecule has 3 rings (SSSR count). The maximum Gasteiger partial charge on any atom is 0.289 e. The van der Waals surface area contributed by atoms with Crippen LogP contribution in [-0.4, -0.2) is 36.2 Å². The minimum atomic E-state index is -1.000. The van der Waals surface area contributed by atoms with Crippen LogP contribution in [0.2, 0.25) is 0 Å². The highest BCUT2D eigenvalue weighted by Gasteiger charge is 2.26. The Bertz CT molecular complexity index is 1270. The van der Waals surface area contributed by atoms with Gasteiger partial charge < -0.3 is 15.0 Å². The Morgan fingerprint density at radius 3 is 2.10 bits per heavy atom. The minimum absolute atomic E-state index is 0.121. The summed E-state index contributed by atoms with van der Waals surface area (Å²) in [5.41, 5.74) is 7.06. The van der Waals surface area contributed by atoms with Crippen molar-refractivity contribution in [1.82, 2.24) is 9.29 Å². The van der Waals surface area contributed by atoms with Crippen molar-refractivity contribution in [3.05, 3.63) is 84.6 Å². The molecule has 8 heteroatoms. The number of hydrogen-bond donors (Lipinski definition) is 2. The second kappa shape index (κ2) is 25.9. The summed E-state index contributed by atoms with van der Waals surface area (Å²) in [5, 5.41) is 0.545. The number of primary amides is 1. The smallest absolute Gasteiger partial charge is 0.289 e. The van der Waals surface area contributed by atoms with E-state index in [9.17, 15) is 14.4 Å². The summed E-state index contributed by atoms with van der Waals surface area (Å²) in [6, 6.07) is 15.6. The first-order valence-corrected chi connectivity index (χ1v) is 14.5. The van der Waals surface area contributed by atoms with Gasteiger partial charge in [-0.25, -0.2) is 0 Å². The Kier molecular flexibility index (Phi) is 24.7. The molecule has 0 saturated heterocycles. The first-order chi connectivity index (χ1) is 20.2. The number of aromatic nitrogens is 1. The zero-order chi connectivity index (χ0) is 32.3. The van der Waals surface area contributed by atoms with Gasteiger partial charge in [-0.3, -0.25) is 19.1 Å². The van der Waals surface area contributed by atoms with E-state index in [1.54, 1.807) is 37.1 Å². The fourth-order valence-electron chi connectivity index (χ4n) is 3.49. The number of carbonyl (C=O) groups is 3. The second-order valence-corrected chi connectivity index (χ2v) is 9.21. The van der Waals surface area contributed by atoms with Gasteiger partial charge >= 0.3 is 0 Å². The van der Waals surface area contributed by atoms with Crippen molar-refractivity contribution in [3.63, 3.8) is 0 Å². The molecule has 0 radical (unpaired) electrons. The van der Waals surface area contributed by atoms with Crippen molar-refractivity contribution in [2.24, 2.45) is 5.73 Å². The van der Waals surface area contributed by atoms with E-state index in [1.165, 1.54) is 4.90 Å². The number of aldehydes is 1. The molecular weight excluding hydrogens is 546 g/mol. The van der Waals surface area contributed by atoms with E-state index in [2.05, 4.69) is 35.8 Å². The molecule has 0 spiro atoms. The van der Waals surface area contributed by atoms with Gasteiger partial charge in [-0.1, -0.05) is 56.3 Å².